The van der Waals surface area contributed by atoms with Crippen molar-refractivity contribution in [3.63, 3.8) is 0 Å². The third kappa shape index (κ3) is 4.36. The van der Waals surface area contributed by atoms with E-state index in [2.05, 4.69) is 4.74 Å². The molecule has 18 heavy (non-hydrogen) atoms. The maximum absolute atomic E-state index is 11.8. The molecule has 100 valence electrons. The van der Waals surface area contributed by atoms with E-state index in [0.717, 1.165) is 30.5 Å². The highest BCUT2D eigenvalue weighted by molar-refractivity contribution is 7.90. The molecule has 0 radical (unpaired) electrons. The highest BCUT2D eigenvalue weighted by Gasteiger charge is 2.29. The van der Waals surface area contributed by atoms with Crippen molar-refractivity contribution in [3.05, 3.63) is 29.8 Å². The van der Waals surface area contributed by atoms with Gasteiger partial charge in [0.15, 0.2) is 16.4 Å². The lowest BCUT2D eigenvalue weighted by Gasteiger charge is -2.07. The molecule has 1 aromatic carbocycles. The van der Waals surface area contributed by atoms with E-state index in [-0.39, 0.29) is 10.5 Å². The van der Waals surface area contributed by atoms with E-state index in [4.69, 9.17) is 0 Å². The summed E-state index contributed by atoms with van der Waals surface area (Å²) in [6, 6.07) is 4.43. The first-order chi connectivity index (χ1) is 8.09. The molecule has 0 fully saturated rings. The van der Waals surface area contributed by atoms with Gasteiger partial charge in [-0.15, -0.1) is 0 Å². The van der Waals surface area contributed by atoms with Crippen LogP contribution in [0.25, 0.3) is 0 Å². The number of esters is 1. The maximum Gasteiger partial charge on any atom is 0.422 e. The first-order valence-electron chi connectivity index (χ1n) is 4.63. The summed E-state index contributed by atoms with van der Waals surface area (Å²) >= 11 is 0. The number of sulfone groups is 1. The molecule has 1 rings (SSSR count). The maximum atomic E-state index is 11.8. The molecule has 0 aliphatic carbocycles. The number of rotatable bonds is 3. The largest absolute Gasteiger partial charge is 0.452 e. The fourth-order valence-electron chi connectivity index (χ4n) is 1.07. The minimum absolute atomic E-state index is 0.0325. The van der Waals surface area contributed by atoms with Crippen molar-refractivity contribution in [2.24, 2.45) is 0 Å². The van der Waals surface area contributed by atoms with Crippen molar-refractivity contribution in [3.8, 4) is 0 Å². The summed E-state index contributed by atoms with van der Waals surface area (Å²) in [7, 11) is -3.41. The van der Waals surface area contributed by atoms with Crippen molar-refractivity contribution in [2.45, 2.75) is 11.1 Å². The molecule has 0 unspecified atom stereocenters. The van der Waals surface area contributed by atoms with E-state index in [9.17, 15) is 26.4 Å². The monoisotopic (exact) mass is 282 g/mol. The van der Waals surface area contributed by atoms with Crippen molar-refractivity contribution in [1.82, 2.24) is 0 Å². The van der Waals surface area contributed by atoms with Gasteiger partial charge in [0.05, 0.1) is 10.5 Å². The van der Waals surface area contributed by atoms with Gasteiger partial charge in [0.1, 0.15) is 0 Å². The number of halogens is 3. The van der Waals surface area contributed by atoms with Crippen LogP contribution >= 0.6 is 0 Å². The van der Waals surface area contributed by atoms with Crippen LogP contribution in [0.2, 0.25) is 0 Å². The van der Waals surface area contributed by atoms with Gasteiger partial charge in [-0.05, 0) is 24.3 Å². The first-order valence-corrected chi connectivity index (χ1v) is 6.53. The molecule has 0 heterocycles. The summed E-state index contributed by atoms with van der Waals surface area (Å²) in [5.41, 5.74) is -0.147. The Morgan fingerprint density at radius 1 is 1.22 bits per heavy atom. The molecular formula is C10H9F3O4S. The minimum Gasteiger partial charge on any atom is -0.452 e. The average molecular weight is 282 g/mol. The molecule has 0 bridgehead atoms. The Labute approximate surface area is 101 Å². The molecule has 0 aliphatic rings. The van der Waals surface area contributed by atoms with Gasteiger partial charge in [-0.25, -0.2) is 13.2 Å². The Bertz CT molecular complexity index is 531. The zero-order valence-electron chi connectivity index (χ0n) is 9.19. The Kier molecular flexibility index (Phi) is 4.00. The van der Waals surface area contributed by atoms with E-state index >= 15 is 0 Å². The molecular weight excluding hydrogens is 273 g/mol. The van der Waals surface area contributed by atoms with E-state index in [0.29, 0.717) is 0 Å². The molecule has 0 atom stereocenters. The van der Waals surface area contributed by atoms with E-state index in [1.165, 1.54) is 0 Å². The minimum atomic E-state index is -4.59. The average Bonchev–Trinajstić information content (AvgIpc) is 2.24. The van der Waals surface area contributed by atoms with Gasteiger partial charge in [0, 0.05) is 6.26 Å². The highest BCUT2D eigenvalue weighted by atomic mass is 32.2. The molecule has 0 aliphatic heterocycles. The van der Waals surface area contributed by atoms with Gasteiger partial charge >= 0.3 is 12.1 Å². The topological polar surface area (TPSA) is 60.4 Å². The summed E-state index contributed by atoms with van der Waals surface area (Å²) in [5, 5.41) is 0. The van der Waals surface area contributed by atoms with Gasteiger partial charge < -0.3 is 4.74 Å². The van der Waals surface area contributed by atoms with Gasteiger partial charge in [-0.1, -0.05) is 0 Å². The number of ether oxygens (including phenoxy) is 1. The first kappa shape index (κ1) is 14.5. The Morgan fingerprint density at radius 2 is 1.72 bits per heavy atom. The zero-order chi connectivity index (χ0) is 14.0. The molecule has 0 saturated heterocycles. The molecule has 0 spiro atoms. The van der Waals surface area contributed by atoms with Crippen LogP contribution in [0.3, 0.4) is 0 Å². The van der Waals surface area contributed by atoms with Crippen LogP contribution in [0.1, 0.15) is 10.4 Å². The lowest BCUT2D eigenvalue weighted by molar-refractivity contribution is -0.161. The number of carbonyl (C=O) groups excluding carboxylic acids is 1. The van der Waals surface area contributed by atoms with Crippen LogP contribution in [0.4, 0.5) is 13.2 Å². The zero-order valence-corrected chi connectivity index (χ0v) is 10.0. The lowest BCUT2D eigenvalue weighted by atomic mass is 10.2. The molecule has 8 heteroatoms. The predicted octanol–water partition coefficient (Wildman–Crippen LogP) is 1.81. The van der Waals surface area contributed by atoms with Crippen molar-refractivity contribution < 1.29 is 31.1 Å². The molecule has 0 saturated carbocycles. The summed E-state index contributed by atoms with van der Waals surface area (Å²) in [6.45, 7) is -1.68. The number of alkyl halides is 3. The van der Waals surface area contributed by atoms with Crippen LogP contribution in [-0.4, -0.2) is 33.4 Å². The van der Waals surface area contributed by atoms with Crippen LogP contribution in [0.5, 0.6) is 0 Å². The summed E-state index contributed by atoms with van der Waals surface area (Å²) in [5.74, 6) is -1.16. The fourth-order valence-corrected chi connectivity index (χ4v) is 1.70. The second-order valence-electron chi connectivity index (χ2n) is 3.49. The van der Waals surface area contributed by atoms with Crippen molar-refractivity contribution in [1.29, 1.82) is 0 Å². The number of hydrogen-bond donors (Lipinski definition) is 0. The molecule has 0 N–H and O–H groups in total. The van der Waals surface area contributed by atoms with Crippen LogP contribution < -0.4 is 0 Å². The van der Waals surface area contributed by atoms with Crippen LogP contribution in [0.15, 0.2) is 29.2 Å². The lowest BCUT2D eigenvalue weighted by Crippen LogP contribution is -2.20. The SMILES string of the molecule is CS(=O)(=O)c1ccc(C(=O)OCC(F)(F)F)cc1. The summed E-state index contributed by atoms with van der Waals surface area (Å²) < 4.78 is 61.6. The predicted molar refractivity (Wildman–Crippen MR) is 55.9 cm³/mol. The van der Waals surface area contributed by atoms with Crippen LogP contribution in [0, 0.1) is 0 Å². The van der Waals surface area contributed by atoms with Crippen molar-refractivity contribution in [2.75, 3.05) is 12.9 Å². The smallest absolute Gasteiger partial charge is 0.422 e. The third-order valence-corrected chi connectivity index (χ3v) is 3.01. The molecule has 4 nitrogen and oxygen atoms in total. The Hall–Kier alpha value is -1.57. The fraction of sp³-hybridized carbons (Fsp3) is 0.300. The normalized spacial score (nSPS) is 12.2. The van der Waals surface area contributed by atoms with E-state index in [1.807, 2.05) is 0 Å². The van der Waals surface area contributed by atoms with Gasteiger partial charge in [0.25, 0.3) is 0 Å². The Morgan fingerprint density at radius 3 is 2.11 bits per heavy atom. The van der Waals surface area contributed by atoms with Gasteiger partial charge in [-0.2, -0.15) is 13.2 Å². The summed E-state index contributed by atoms with van der Waals surface area (Å²) in [4.78, 5) is 11.1. The molecule has 0 aromatic heterocycles. The van der Waals surface area contributed by atoms with E-state index < -0.39 is 28.6 Å². The van der Waals surface area contributed by atoms with Crippen LogP contribution in [-0.2, 0) is 14.6 Å². The third-order valence-electron chi connectivity index (χ3n) is 1.89. The highest BCUT2D eigenvalue weighted by Crippen LogP contribution is 2.16. The quantitative estimate of drug-likeness (QED) is 0.793. The standard InChI is InChI=1S/C10H9F3O4S/c1-18(15,16)8-4-2-7(3-5-8)9(14)17-6-10(11,12)13/h2-5H,6H2,1H3. The second-order valence-corrected chi connectivity index (χ2v) is 5.50. The number of benzene rings is 1. The van der Waals surface area contributed by atoms with Crippen molar-refractivity contribution >= 4 is 15.8 Å². The van der Waals surface area contributed by atoms with Gasteiger partial charge in [-0.3, -0.25) is 0 Å². The molecule has 0 amide bonds. The summed E-state index contributed by atoms with van der Waals surface area (Å²) in [6.07, 6.45) is -3.62. The molecule has 1 aromatic rings. The van der Waals surface area contributed by atoms with E-state index in [1.54, 1.807) is 0 Å². The van der Waals surface area contributed by atoms with Gasteiger partial charge in [0.2, 0.25) is 0 Å². The number of hydrogen-bond acceptors (Lipinski definition) is 4. The second kappa shape index (κ2) is 4.97. The Balaban J connectivity index is 2.77. The number of carbonyl (C=O) groups is 1.